The summed E-state index contributed by atoms with van der Waals surface area (Å²) < 4.78 is 1.58. The molecule has 2 rings (SSSR count). The number of carbonyl (C=O) groups excluding carboxylic acids is 1. The monoisotopic (exact) mass is 473 g/mol. The van der Waals surface area contributed by atoms with Crippen LogP contribution in [0.25, 0.3) is 0 Å². The number of halogens is 2. The topological polar surface area (TPSA) is 60.8 Å². The maximum atomic E-state index is 12.4. The van der Waals surface area contributed by atoms with Gasteiger partial charge in [0.25, 0.3) is 5.91 Å². The summed E-state index contributed by atoms with van der Waals surface area (Å²) in [5.74, 6) is -0.162. The third-order valence-electron chi connectivity index (χ3n) is 3.11. The Kier molecular flexibility index (Phi) is 4.70. The molecule has 0 saturated carbocycles. The first-order valence-corrected chi connectivity index (χ1v) is 7.80. The molecule has 6 heteroatoms. The summed E-state index contributed by atoms with van der Waals surface area (Å²) in [6.07, 6.45) is 1.72. The van der Waals surface area contributed by atoms with E-state index >= 15 is 0 Å². The molecule has 1 aliphatic rings. The first kappa shape index (κ1) is 14.3. The highest BCUT2D eigenvalue weighted by Gasteiger charge is 2.30. The number of carbonyl (C=O) groups is 1. The second-order valence-electron chi connectivity index (χ2n) is 4.26. The first-order valence-electron chi connectivity index (χ1n) is 5.64. The Balaban J connectivity index is 2.34. The number of benzene rings is 1. The number of likely N-dealkylation sites (tertiary alicyclic amines) is 1. The second-order valence-corrected chi connectivity index (χ2v) is 6.67. The standard InChI is InChI=1S/C12H13I2NO3/c13-7-4-9(11(17)10(14)5-7)12(18)15-3-1-2-8(15)6-16/h4-5,8,16-17H,1-3,6H2/t8-/m1/s1. The summed E-state index contributed by atoms with van der Waals surface area (Å²) >= 11 is 4.13. The third-order valence-corrected chi connectivity index (χ3v) is 4.55. The number of hydrogen-bond acceptors (Lipinski definition) is 3. The van der Waals surface area contributed by atoms with Gasteiger partial charge in [0.05, 0.1) is 21.8 Å². The zero-order valence-electron chi connectivity index (χ0n) is 9.57. The van der Waals surface area contributed by atoms with E-state index in [1.165, 1.54) is 0 Å². The second kappa shape index (κ2) is 5.91. The van der Waals surface area contributed by atoms with Gasteiger partial charge in [-0.05, 0) is 70.2 Å². The third kappa shape index (κ3) is 2.74. The maximum Gasteiger partial charge on any atom is 0.258 e. The molecule has 1 fully saturated rings. The predicted octanol–water partition coefficient (Wildman–Crippen LogP) is 2.20. The minimum absolute atomic E-state index is 0.0203. The molecular weight excluding hydrogens is 460 g/mol. The van der Waals surface area contributed by atoms with Crippen molar-refractivity contribution in [2.24, 2.45) is 0 Å². The van der Waals surface area contributed by atoms with Crippen molar-refractivity contribution >= 4 is 51.1 Å². The zero-order chi connectivity index (χ0) is 13.3. The molecule has 0 bridgehead atoms. The van der Waals surface area contributed by atoms with Crippen molar-refractivity contribution in [3.8, 4) is 5.75 Å². The van der Waals surface area contributed by atoms with Crippen LogP contribution in [0.5, 0.6) is 5.75 Å². The number of aromatic hydroxyl groups is 1. The van der Waals surface area contributed by atoms with Crippen LogP contribution in [-0.2, 0) is 0 Å². The molecule has 0 spiro atoms. The molecule has 1 amide bonds. The van der Waals surface area contributed by atoms with Gasteiger partial charge < -0.3 is 15.1 Å². The van der Waals surface area contributed by atoms with E-state index in [2.05, 4.69) is 22.6 Å². The number of phenolic OH excluding ortho intramolecular Hbond substituents is 1. The van der Waals surface area contributed by atoms with E-state index in [4.69, 9.17) is 0 Å². The zero-order valence-corrected chi connectivity index (χ0v) is 13.9. The van der Waals surface area contributed by atoms with E-state index in [1.807, 2.05) is 28.7 Å². The molecule has 18 heavy (non-hydrogen) atoms. The Bertz CT molecular complexity index is 479. The lowest BCUT2D eigenvalue weighted by Gasteiger charge is -2.23. The summed E-state index contributed by atoms with van der Waals surface area (Å²) in [5.41, 5.74) is 0.326. The van der Waals surface area contributed by atoms with Gasteiger partial charge in [-0.2, -0.15) is 0 Å². The van der Waals surface area contributed by atoms with Gasteiger partial charge in [0.15, 0.2) is 0 Å². The molecule has 0 aliphatic carbocycles. The number of phenols is 1. The van der Waals surface area contributed by atoms with E-state index in [0.29, 0.717) is 15.7 Å². The normalized spacial score (nSPS) is 19.3. The first-order chi connectivity index (χ1) is 8.54. The summed E-state index contributed by atoms with van der Waals surface area (Å²) in [5, 5.41) is 19.2. The van der Waals surface area contributed by atoms with E-state index in [0.717, 1.165) is 16.4 Å². The highest BCUT2D eigenvalue weighted by molar-refractivity contribution is 14.1. The van der Waals surface area contributed by atoms with Crippen molar-refractivity contribution in [3.05, 3.63) is 24.8 Å². The molecule has 0 aromatic heterocycles. The van der Waals surface area contributed by atoms with Crippen molar-refractivity contribution in [1.82, 2.24) is 4.90 Å². The Hall–Kier alpha value is -0.0900. The molecule has 1 saturated heterocycles. The van der Waals surface area contributed by atoms with Crippen molar-refractivity contribution in [1.29, 1.82) is 0 Å². The molecule has 1 aliphatic heterocycles. The van der Waals surface area contributed by atoms with Crippen LogP contribution in [0.2, 0.25) is 0 Å². The van der Waals surface area contributed by atoms with Gasteiger partial charge in [-0.3, -0.25) is 4.79 Å². The highest BCUT2D eigenvalue weighted by Crippen LogP contribution is 2.30. The van der Waals surface area contributed by atoms with Crippen molar-refractivity contribution in [3.63, 3.8) is 0 Å². The SMILES string of the molecule is O=C(c1cc(I)cc(I)c1O)N1CCC[C@@H]1CO. The number of aliphatic hydroxyl groups is 1. The number of amides is 1. The average molecular weight is 473 g/mol. The number of nitrogens with zero attached hydrogens (tertiary/aromatic N) is 1. The lowest BCUT2D eigenvalue weighted by atomic mass is 10.1. The van der Waals surface area contributed by atoms with E-state index in [9.17, 15) is 15.0 Å². The van der Waals surface area contributed by atoms with Crippen LogP contribution < -0.4 is 0 Å². The minimum Gasteiger partial charge on any atom is -0.506 e. The Labute approximate surface area is 133 Å². The molecule has 0 radical (unpaired) electrons. The van der Waals surface area contributed by atoms with Crippen LogP contribution in [0.3, 0.4) is 0 Å². The summed E-state index contributed by atoms with van der Waals surface area (Å²) in [6, 6.07) is 3.39. The Morgan fingerprint density at radius 1 is 1.44 bits per heavy atom. The highest BCUT2D eigenvalue weighted by atomic mass is 127. The van der Waals surface area contributed by atoms with Gasteiger partial charge in [-0.1, -0.05) is 0 Å². The van der Waals surface area contributed by atoms with Gasteiger partial charge in [0.1, 0.15) is 5.75 Å². The summed E-state index contributed by atoms with van der Waals surface area (Å²) in [7, 11) is 0. The molecule has 0 unspecified atom stereocenters. The van der Waals surface area contributed by atoms with Crippen LogP contribution >= 0.6 is 45.2 Å². The fraction of sp³-hybridized carbons (Fsp3) is 0.417. The van der Waals surface area contributed by atoms with Crippen molar-refractivity contribution in [2.75, 3.05) is 13.2 Å². The minimum atomic E-state index is -0.194. The molecule has 1 aromatic rings. The van der Waals surface area contributed by atoms with E-state index in [1.54, 1.807) is 11.0 Å². The molecule has 98 valence electrons. The Morgan fingerprint density at radius 2 is 2.17 bits per heavy atom. The van der Waals surface area contributed by atoms with Crippen LogP contribution in [0.4, 0.5) is 0 Å². The number of hydrogen-bond donors (Lipinski definition) is 2. The van der Waals surface area contributed by atoms with Crippen molar-refractivity contribution in [2.45, 2.75) is 18.9 Å². The average Bonchev–Trinajstić information content (AvgIpc) is 2.81. The smallest absolute Gasteiger partial charge is 0.258 e. The lowest BCUT2D eigenvalue weighted by molar-refractivity contribution is 0.0674. The van der Waals surface area contributed by atoms with E-state index < -0.39 is 0 Å². The van der Waals surface area contributed by atoms with Crippen LogP contribution in [0.15, 0.2) is 12.1 Å². The fourth-order valence-corrected chi connectivity index (χ4v) is 4.02. The van der Waals surface area contributed by atoms with Crippen LogP contribution in [-0.4, -0.2) is 40.2 Å². The predicted molar refractivity (Wildman–Crippen MR) is 84.7 cm³/mol. The van der Waals surface area contributed by atoms with Gasteiger partial charge in [0.2, 0.25) is 0 Å². The van der Waals surface area contributed by atoms with Gasteiger partial charge in [-0.25, -0.2) is 0 Å². The Morgan fingerprint density at radius 3 is 2.83 bits per heavy atom. The lowest BCUT2D eigenvalue weighted by Crippen LogP contribution is -2.37. The quantitative estimate of drug-likeness (QED) is 0.649. The molecule has 4 nitrogen and oxygen atoms in total. The number of aliphatic hydroxyl groups excluding tert-OH is 1. The van der Waals surface area contributed by atoms with Crippen LogP contribution in [0, 0.1) is 7.14 Å². The molecular formula is C12H13I2NO3. The molecule has 1 aromatic carbocycles. The van der Waals surface area contributed by atoms with Crippen LogP contribution in [0.1, 0.15) is 23.2 Å². The van der Waals surface area contributed by atoms with Gasteiger partial charge in [-0.15, -0.1) is 0 Å². The van der Waals surface area contributed by atoms with Gasteiger partial charge in [0, 0.05) is 10.1 Å². The maximum absolute atomic E-state index is 12.4. The van der Waals surface area contributed by atoms with Gasteiger partial charge >= 0.3 is 0 Å². The van der Waals surface area contributed by atoms with E-state index in [-0.39, 0.29) is 24.3 Å². The van der Waals surface area contributed by atoms with Crippen molar-refractivity contribution < 1.29 is 15.0 Å². The molecule has 1 atom stereocenters. The largest absolute Gasteiger partial charge is 0.506 e. The molecule has 1 heterocycles. The number of rotatable bonds is 2. The summed E-state index contributed by atoms with van der Waals surface area (Å²) in [4.78, 5) is 14.0. The fourth-order valence-electron chi connectivity index (χ4n) is 2.18. The summed E-state index contributed by atoms with van der Waals surface area (Å²) in [6.45, 7) is 0.624. The molecule has 2 N–H and O–H groups in total.